The summed E-state index contributed by atoms with van der Waals surface area (Å²) >= 11 is 0. The first-order valence-electron chi connectivity index (χ1n) is 9.86. The second-order valence-corrected chi connectivity index (χ2v) is 6.93. The van der Waals surface area contributed by atoms with Crippen molar-refractivity contribution in [2.75, 3.05) is 6.54 Å². The third-order valence-corrected chi connectivity index (χ3v) is 4.61. The highest BCUT2D eigenvalue weighted by molar-refractivity contribution is 5.92. The molecule has 0 heterocycles. The maximum Gasteiger partial charge on any atom is 0.243 e. The minimum absolute atomic E-state index is 0.220. The van der Waals surface area contributed by atoms with Crippen molar-refractivity contribution in [3.63, 3.8) is 0 Å². The Labute approximate surface area is 162 Å². The van der Waals surface area contributed by atoms with Crippen molar-refractivity contribution in [3.05, 3.63) is 35.9 Å². The summed E-state index contributed by atoms with van der Waals surface area (Å²) in [5.74, 6) is -1.98. The van der Waals surface area contributed by atoms with Crippen molar-refractivity contribution < 1.29 is 14.4 Å². The van der Waals surface area contributed by atoms with Crippen molar-refractivity contribution in [1.82, 2.24) is 10.6 Å². The SMILES string of the molecule is CCCCCCCC(=O)N[C@@H](C(=O)NCCc1ccccc1)C(C)C(N)=O. The van der Waals surface area contributed by atoms with Gasteiger partial charge in [0.2, 0.25) is 17.7 Å². The van der Waals surface area contributed by atoms with Gasteiger partial charge in [0.25, 0.3) is 0 Å². The van der Waals surface area contributed by atoms with E-state index in [0.29, 0.717) is 19.4 Å². The van der Waals surface area contributed by atoms with Gasteiger partial charge in [-0.15, -0.1) is 0 Å². The third-order valence-electron chi connectivity index (χ3n) is 4.61. The topological polar surface area (TPSA) is 101 Å². The number of primary amides is 1. The Morgan fingerprint density at radius 3 is 2.33 bits per heavy atom. The second kappa shape index (κ2) is 12.9. The van der Waals surface area contributed by atoms with E-state index in [0.717, 1.165) is 37.7 Å². The highest BCUT2D eigenvalue weighted by atomic mass is 16.2. The van der Waals surface area contributed by atoms with Gasteiger partial charge in [0.05, 0.1) is 5.92 Å². The molecule has 0 saturated carbocycles. The van der Waals surface area contributed by atoms with Gasteiger partial charge in [0, 0.05) is 13.0 Å². The van der Waals surface area contributed by atoms with E-state index >= 15 is 0 Å². The lowest BCUT2D eigenvalue weighted by Gasteiger charge is -2.22. The average Bonchev–Trinajstić information content (AvgIpc) is 2.66. The highest BCUT2D eigenvalue weighted by Crippen LogP contribution is 2.07. The first kappa shape index (κ1) is 22.7. The van der Waals surface area contributed by atoms with Crippen molar-refractivity contribution >= 4 is 17.7 Å². The molecule has 0 fully saturated rings. The van der Waals surface area contributed by atoms with Gasteiger partial charge in [0.1, 0.15) is 6.04 Å². The maximum atomic E-state index is 12.5. The average molecular weight is 376 g/mol. The predicted octanol–water partition coefficient (Wildman–Crippen LogP) is 2.31. The van der Waals surface area contributed by atoms with Crippen molar-refractivity contribution in [2.45, 2.75) is 64.8 Å². The van der Waals surface area contributed by atoms with Crippen LogP contribution in [0.3, 0.4) is 0 Å². The largest absolute Gasteiger partial charge is 0.369 e. The van der Waals surface area contributed by atoms with E-state index in [2.05, 4.69) is 17.6 Å². The van der Waals surface area contributed by atoms with E-state index in [9.17, 15) is 14.4 Å². The van der Waals surface area contributed by atoms with Crippen LogP contribution in [-0.2, 0) is 20.8 Å². The molecular formula is C21H33N3O3. The van der Waals surface area contributed by atoms with Crippen LogP contribution in [-0.4, -0.2) is 30.3 Å². The van der Waals surface area contributed by atoms with Gasteiger partial charge in [-0.05, 0) is 18.4 Å². The number of nitrogens with two attached hydrogens (primary N) is 1. The lowest BCUT2D eigenvalue weighted by atomic mass is 9.99. The highest BCUT2D eigenvalue weighted by Gasteiger charge is 2.30. The molecule has 150 valence electrons. The second-order valence-electron chi connectivity index (χ2n) is 6.93. The van der Waals surface area contributed by atoms with E-state index in [1.165, 1.54) is 0 Å². The monoisotopic (exact) mass is 375 g/mol. The van der Waals surface area contributed by atoms with Gasteiger partial charge in [-0.2, -0.15) is 0 Å². The zero-order valence-electron chi connectivity index (χ0n) is 16.5. The lowest BCUT2D eigenvalue weighted by molar-refractivity contribution is -0.133. The number of hydrogen-bond acceptors (Lipinski definition) is 3. The third kappa shape index (κ3) is 9.22. The molecule has 0 radical (unpaired) electrons. The number of hydrogen-bond donors (Lipinski definition) is 3. The number of amides is 3. The molecular weight excluding hydrogens is 342 g/mol. The van der Waals surface area contributed by atoms with Crippen molar-refractivity contribution in [2.24, 2.45) is 11.7 Å². The minimum atomic E-state index is -0.943. The van der Waals surface area contributed by atoms with E-state index in [-0.39, 0.29) is 11.8 Å². The minimum Gasteiger partial charge on any atom is -0.369 e. The summed E-state index contributed by atoms with van der Waals surface area (Å²) in [4.78, 5) is 36.2. The van der Waals surface area contributed by atoms with E-state index in [1.807, 2.05) is 30.3 Å². The molecule has 1 aromatic carbocycles. The number of carbonyl (C=O) groups excluding carboxylic acids is 3. The van der Waals surface area contributed by atoms with Crippen LogP contribution in [0.4, 0.5) is 0 Å². The predicted molar refractivity (Wildman–Crippen MR) is 107 cm³/mol. The molecule has 0 aliphatic carbocycles. The summed E-state index contributed by atoms with van der Waals surface area (Å²) < 4.78 is 0. The van der Waals surface area contributed by atoms with Crippen molar-refractivity contribution in [1.29, 1.82) is 0 Å². The lowest BCUT2D eigenvalue weighted by Crippen LogP contribution is -2.53. The van der Waals surface area contributed by atoms with Gasteiger partial charge in [-0.1, -0.05) is 69.9 Å². The Morgan fingerprint density at radius 1 is 1.04 bits per heavy atom. The fraction of sp³-hybridized carbons (Fsp3) is 0.571. The molecule has 0 aliphatic rings. The summed E-state index contributed by atoms with van der Waals surface area (Å²) in [5, 5.41) is 5.48. The Morgan fingerprint density at radius 2 is 1.70 bits per heavy atom. The molecule has 1 aromatic rings. The van der Waals surface area contributed by atoms with Crippen LogP contribution in [0.25, 0.3) is 0 Å². The van der Waals surface area contributed by atoms with Crippen molar-refractivity contribution in [3.8, 4) is 0 Å². The molecule has 0 saturated heterocycles. The maximum absolute atomic E-state index is 12.5. The van der Waals surface area contributed by atoms with Gasteiger partial charge in [-0.3, -0.25) is 14.4 Å². The number of benzene rings is 1. The van der Waals surface area contributed by atoms with Gasteiger partial charge in [-0.25, -0.2) is 0 Å². The number of unbranched alkanes of at least 4 members (excludes halogenated alkanes) is 4. The summed E-state index contributed by atoms with van der Waals surface area (Å²) in [7, 11) is 0. The van der Waals surface area contributed by atoms with Crippen LogP contribution in [0.1, 0.15) is 57.9 Å². The van der Waals surface area contributed by atoms with Gasteiger partial charge < -0.3 is 16.4 Å². The van der Waals surface area contributed by atoms with Crippen LogP contribution in [0, 0.1) is 5.92 Å². The molecule has 6 heteroatoms. The smallest absolute Gasteiger partial charge is 0.243 e. The Bertz CT molecular complexity index is 590. The summed E-state index contributed by atoms with van der Waals surface area (Å²) in [6.07, 6.45) is 6.20. The number of nitrogens with one attached hydrogen (secondary N) is 2. The molecule has 2 atom stereocenters. The first-order valence-corrected chi connectivity index (χ1v) is 9.86. The Balaban J connectivity index is 2.50. The zero-order valence-corrected chi connectivity index (χ0v) is 16.5. The van der Waals surface area contributed by atoms with Crippen LogP contribution in [0.15, 0.2) is 30.3 Å². The Hall–Kier alpha value is -2.37. The summed E-state index contributed by atoms with van der Waals surface area (Å²) in [6, 6.07) is 8.84. The van der Waals surface area contributed by atoms with Crippen LogP contribution in [0.5, 0.6) is 0 Å². The molecule has 1 unspecified atom stereocenters. The van der Waals surface area contributed by atoms with Crippen LogP contribution >= 0.6 is 0 Å². The van der Waals surface area contributed by atoms with E-state index < -0.39 is 17.9 Å². The molecule has 0 aromatic heterocycles. The molecule has 0 bridgehead atoms. The quantitative estimate of drug-likeness (QED) is 0.461. The normalized spacial score (nSPS) is 12.8. The molecule has 3 amide bonds. The van der Waals surface area contributed by atoms with Crippen LogP contribution < -0.4 is 16.4 Å². The standard InChI is InChI=1S/C21H33N3O3/c1-3-4-5-6-10-13-18(25)24-19(16(2)20(22)26)21(27)23-15-14-17-11-8-7-9-12-17/h7-9,11-12,16,19H,3-6,10,13-15H2,1-2H3,(H2,22,26)(H,23,27)(H,24,25)/t16?,19-/m1/s1. The molecule has 0 aliphatic heterocycles. The molecule has 0 spiro atoms. The first-order chi connectivity index (χ1) is 13.0. The molecule has 27 heavy (non-hydrogen) atoms. The number of rotatable bonds is 13. The van der Waals surface area contributed by atoms with Crippen LogP contribution in [0.2, 0.25) is 0 Å². The summed E-state index contributed by atoms with van der Waals surface area (Å²) in [5.41, 5.74) is 6.46. The Kier molecular flexibility index (Phi) is 10.8. The number of carbonyl (C=O) groups is 3. The van der Waals surface area contributed by atoms with E-state index in [1.54, 1.807) is 6.92 Å². The van der Waals surface area contributed by atoms with Gasteiger partial charge in [0.15, 0.2) is 0 Å². The molecule has 4 N–H and O–H groups in total. The fourth-order valence-electron chi connectivity index (χ4n) is 2.80. The zero-order chi connectivity index (χ0) is 20.1. The molecule has 6 nitrogen and oxygen atoms in total. The van der Waals surface area contributed by atoms with Gasteiger partial charge >= 0.3 is 0 Å². The summed E-state index contributed by atoms with van der Waals surface area (Å²) in [6.45, 7) is 4.13. The molecule has 1 rings (SSSR count). The van der Waals surface area contributed by atoms with E-state index in [4.69, 9.17) is 5.73 Å². The fourth-order valence-corrected chi connectivity index (χ4v) is 2.80.